The minimum Gasteiger partial charge on any atom is -0.396 e. The average molecular weight is 298 g/mol. The molecule has 7 nitrogen and oxygen atoms in total. The van der Waals surface area contributed by atoms with Crippen molar-refractivity contribution < 1.29 is 10.2 Å². The fourth-order valence-electron chi connectivity index (χ4n) is 3.02. The van der Waals surface area contributed by atoms with Crippen LogP contribution in [0.25, 0.3) is 11.2 Å². The van der Waals surface area contributed by atoms with Crippen molar-refractivity contribution in [3.05, 3.63) is 11.5 Å². The van der Waals surface area contributed by atoms with Gasteiger partial charge in [0.15, 0.2) is 10.8 Å². The van der Waals surface area contributed by atoms with E-state index in [1.165, 1.54) is 0 Å². The first-order valence-corrected chi connectivity index (χ1v) is 6.89. The molecule has 1 aliphatic rings. The molecule has 0 amide bonds. The van der Waals surface area contributed by atoms with Crippen LogP contribution in [-0.4, -0.2) is 42.9 Å². The Labute approximate surface area is 120 Å². The van der Waals surface area contributed by atoms with Crippen molar-refractivity contribution in [3.63, 3.8) is 0 Å². The standard InChI is InChI=1S/C12H16ClN5O2/c13-10-9-11(17-12(14)16-10)18(5-15-9)8-1-6(3-19)7(2-8)4-20/h5-8,19-20H,1-4H2,(H2,14,16,17). The molecule has 2 aromatic rings. The summed E-state index contributed by atoms with van der Waals surface area (Å²) in [6.07, 6.45) is 3.22. The van der Waals surface area contributed by atoms with Crippen LogP contribution in [0.4, 0.5) is 5.95 Å². The van der Waals surface area contributed by atoms with Crippen molar-refractivity contribution in [1.82, 2.24) is 19.5 Å². The van der Waals surface area contributed by atoms with E-state index in [4.69, 9.17) is 17.3 Å². The second-order valence-electron chi connectivity index (χ2n) is 5.21. The van der Waals surface area contributed by atoms with Crippen molar-refractivity contribution in [2.24, 2.45) is 11.8 Å². The average Bonchev–Trinajstić information content (AvgIpc) is 3.01. The van der Waals surface area contributed by atoms with Gasteiger partial charge in [-0.15, -0.1) is 0 Å². The fraction of sp³-hybridized carbons (Fsp3) is 0.583. The molecule has 20 heavy (non-hydrogen) atoms. The third-order valence-corrected chi connectivity index (χ3v) is 4.34. The third kappa shape index (κ3) is 2.11. The van der Waals surface area contributed by atoms with Crippen molar-refractivity contribution in [2.75, 3.05) is 18.9 Å². The van der Waals surface area contributed by atoms with Gasteiger partial charge in [0, 0.05) is 19.3 Å². The summed E-state index contributed by atoms with van der Waals surface area (Å²) in [7, 11) is 0. The Kier molecular flexibility index (Phi) is 3.49. The summed E-state index contributed by atoms with van der Waals surface area (Å²) in [6, 6.07) is 0.125. The van der Waals surface area contributed by atoms with Crippen molar-refractivity contribution in [2.45, 2.75) is 18.9 Å². The van der Waals surface area contributed by atoms with Crippen LogP contribution in [0, 0.1) is 11.8 Å². The highest BCUT2D eigenvalue weighted by Gasteiger charge is 2.35. The molecule has 0 spiro atoms. The first-order chi connectivity index (χ1) is 9.63. The Morgan fingerprint density at radius 1 is 1.25 bits per heavy atom. The Morgan fingerprint density at radius 2 is 1.90 bits per heavy atom. The number of aromatic nitrogens is 4. The lowest BCUT2D eigenvalue weighted by Gasteiger charge is -2.12. The Balaban J connectivity index is 1.99. The van der Waals surface area contributed by atoms with E-state index in [9.17, 15) is 10.2 Å². The van der Waals surface area contributed by atoms with E-state index in [1.54, 1.807) is 6.33 Å². The number of hydrogen-bond donors (Lipinski definition) is 3. The summed E-state index contributed by atoms with van der Waals surface area (Å²) in [5.74, 6) is 0.300. The molecular weight excluding hydrogens is 282 g/mol. The Hall–Kier alpha value is -1.44. The van der Waals surface area contributed by atoms with Crippen LogP contribution in [0.15, 0.2) is 6.33 Å². The SMILES string of the molecule is Nc1nc(Cl)c2ncn(C3CC(CO)C(CO)C3)c2n1. The number of hydrogen-bond acceptors (Lipinski definition) is 6. The molecule has 0 bridgehead atoms. The molecule has 108 valence electrons. The zero-order valence-electron chi connectivity index (χ0n) is 10.8. The van der Waals surface area contributed by atoms with Gasteiger partial charge in [0.2, 0.25) is 5.95 Å². The van der Waals surface area contributed by atoms with E-state index in [2.05, 4.69) is 15.0 Å². The van der Waals surface area contributed by atoms with Crippen LogP contribution in [0.2, 0.25) is 5.15 Å². The van der Waals surface area contributed by atoms with E-state index in [1.807, 2.05) is 4.57 Å². The molecule has 2 heterocycles. The van der Waals surface area contributed by atoms with Gasteiger partial charge >= 0.3 is 0 Å². The monoisotopic (exact) mass is 297 g/mol. The lowest BCUT2D eigenvalue weighted by molar-refractivity contribution is 0.141. The number of aliphatic hydroxyl groups is 2. The predicted molar refractivity (Wildman–Crippen MR) is 74.2 cm³/mol. The highest BCUT2D eigenvalue weighted by atomic mass is 35.5. The maximum absolute atomic E-state index is 9.38. The van der Waals surface area contributed by atoms with Gasteiger partial charge in [-0.3, -0.25) is 0 Å². The van der Waals surface area contributed by atoms with E-state index < -0.39 is 0 Å². The minimum atomic E-state index is 0.0756. The second-order valence-corrected chi connectivity index (χ2v) is 5.57. The van der Waals surface area contributed by atoms with Gasteiger partial charge in [-0.2, -0.15) is 9.97 Å². The molecule has 3 rings (SSSR count). The lowest BCUT2D eigenvalue weighted by atomic mass is 9.98. The van der Waals surface area contributed by atoms with Crippen molar-refractivity contribution in [1.29, 1.82) is 0 Å². The number of aliphatic hydroxyl groups excluding tert-OH is 2. The topological polar surface area (TPSA) is 110 Å². The summed E-state index contributed by atoms with van der Waals surface area (Å²) in [6.45, 7) is 0.151. The van der Waals surface area contributed by atoms with Gasteiger partial charge in [-0.1, -0.05) is 11.6 Å². The van der Waals surface area contributed by atoms with Crippen LogP contribution in [0.3, 0.4) is 0 Å². The first-order valence-electron chi connectivity index (χ1n) is 6.51. The molecule has 2 unspecified atom stereocenters. The summed E-state index contributed by atoms with van der Waals surface area (Å²) in [5.41, 5.74) is 6.75. The summed E-state index contributed by atoms with van der Waals surface area (Å²) in [5, 5.41) is 19.0. The smallest absolute Gasteiger partial charge is 0.223 e. The van der Waals surface area contributed by atoms with Gasteiger partial charge in [0.1, 0.15) is 5.52 Å². The maximum Gasteiger partial charge on any atom is 0.223 e. The first kappa shape index (κ1) is 13.5. The fourth-order valence-corrected chi connectivity index (χ4v) is 3.24. The quantitative estimate of drug-likeness (QED) is 0.716. The molecule has 4 N–H and O–H groups in total. The highest BCUT2D eigenvalue weighted by molar-refractivity contribution is 6.33. The molecule has 0 aliphatic heterocycles. The van der Waals surface area contributed by atoms with Gasteiger partial charge in [-0.25, -0.2) is 4.98 Å². The normalized spacial score (nSPS) is 26.4. The van der Waals surface area contributed by atoms with Gasteiger partial charge in [-0.05, 0) is 24.7 Å². The summed E-state index contributed by atoms with van der Waals surface area (Å²) < 4.78 is 1.91. The molecular formula is C12H16ClN5O2. The molecule has 8 heteroatoms. The molecule has 0 radical (unpaired) electrons. The number of anilines is 1. The molecule has 0 saturated heterocycles. The maximum atomic E-state index is 9.38. The van der Waals surface area contributed by atoms with Crippen LogP contribution < -0.4 is 5.73 Å². The van der Waals surface area contributed by atoms with Gasteiger partial charge < -0.3 is 20.5 Å². The molecule has 1 fully saturated rings. The van der Waals surface area contributed by atoms with E-state index >= 15 is 0 Å². The lowest BCUT2D eigenvalue weighted by Crippen LogP contribution is -2.15. The minimum absolute atomic E-state index is 0.0756. The van der Waals surface area contributed by atoms with Gasteiger partial charge in [0.05, 0.1) is 6.33 Å². The third-order valence-electron chi connectivity index (χ3n) is 4.07. The van der Waals surface area contributed by atoms with E-state index in [-0.39, 0.29) is 42.2 Å². The molecule has 1 aliphatic carbocycles. The summed E-state index contributed by atoms with van der Waals surface area (Å²) in [4.78, 5) is 12.3. The largest absolute Gasteiger partial charge is 0.396 e. The molecule has 2 atom stereocenters. The molecule has 1 saturated carbocycles. The molecule has 2 aromatic heterocycles. The van der Waals surface area contributed by atoms with Crippen molar-refractivity contribution >= 4 is 28.7 Å². The molecule has 0 aromatic carbocycles. The van der Waals surface area contributed by atoms with Crippen LogP contribution >= 0.6 is 11.6 Å². The number of nitrogen functional groups attached to an aromatic ring is 1. The predicted octanol–water partition coefficient (Wildman–Crippen LogP) is 0.614. The number of nitrogens with zero attached hydrogens (tertiary/aromatic N) is 4. The van der Waals surface area contributed by atoms with E-state index in [0.717, 1.165) is 12.8 Å². The number of imidazole rings is 1. The number of nitrogens with two attached hydrogens (primary N) is 1. The van der Waals surface area contributed by atoms with E-state index in [0.29, 0.717) is 11.2 Å². The zero-order valence-corrected chi connectivity index (χ0v) is 11.5. The number of rotatable bonds is 3. The Bertz CT molecular complexity index is 620. The summed E-state index contributed by atoms with van der Waals surface area (Å²) >= 11 is 6.01. The van der Waals surface area contributed by atoms with Crippen LogP contribution in [0.5, 0.6) is 0 Å². The van der Waals surface area contributed by atoms with Gasteiger partial charge in [0.25, 0.3) is 0 Å². The number of fused-ring (bicyclic) bond motifs is 1. The van der Waals surface area contributed by atoms with Crippen LogP contribution in [-0.2, 0) is 0 Å². The Morgan fingerprint density at radius 3 is 2.50 bits per heavy atom. The second kappa shape index (κ2) is 5.16. The van der Waals surface area contributed by atoms with Crippen molar-refractivity contribution in [3.8, 4) is 0 Å². The number of halogens is 1. The highest BCUT2D eigenvalue weighted by Crippen LogP contribution is 2.40. The zero-order chi connectivity index (χ0) is 14.3. The van der Waals surface area contributed by atoms with Crippen LogP contribution in [0.1, 0.15) is 18.9 Å².